The molecule has 1 fully saturated rings. The highest BCUT2D eigenvalue weighted by Gasteiger charge is 2.25. The van der Waals surface area contributed by atoms with Gasteiger partial charge in [-0.05, 0) is 55.3 Å². The lowest BCUT2D eigenvalue weighted by atomic mass is 10.0. The Kier molecular flexibility index (Phi) is 6.53. The number of ether oxygens (including phenoxy) is 1. The molecule has 0 radical (unpaired) electrons. The van der Waals surface area contributed by atoms with E-state index in [1.807, 2.05) is 72.9 Å². The Morgan fingerprint density at radius 1 is 1.12 bits per heavy atom. The van der Waals surface area contributed by atoms with Crippen LogP contribution in [0, 0.1) is 12.8 Å². The molecule has 1 unspecified atom stereocenters. The molecule has 1 N–H and O–H groups in total. The van der Waals surface area contributed by atoms with Crippen LogP contribution in [-0.4, -0.2) is 51.5 Å². The van der Waals surface area contributed by atoms with Crippen molar-refractivity contribution in [3.05, 3.63) is 95.8 Å². The van der Waals surface area contributed by atoms with Crippen LogP contribution in [0.2, 0.25) is 0 Å². The second kappa shape index (κ2) is 10.1. The van der Waals surface area contributed by atoms with Crippen molar-refractivity contribution in [2.45, 2.75) is 19.9 Å². The first-order valence-electron chi connectivity index (χ1n) is 11.7. The molecule has 1 aliphatic heterocycles. The van der Waals surface area contributed by atoms with Gasteiger partial charge in [-0.3, -0.25) is 14.8 Å². The molecule has 0 spiro atoms. The summed E-state index contributed by atoms with van der Waals surface area (Å²) in [5, 5.41) is 3.43. The highest BCUT2D eigenvalue weighted by Crippen LogP contribution is 2.22. The highest BCUT2D eigenvalue weighted by atomic mass is 16.5. The van der Waals surface area contributed by atoms with E-state index in [1.165, 1.54) is 0 Å². The number of carbonyl (C=O) groups excluding carboxylic acids is 1. The summed E-state index contributed by atoms with van der Waals surface area (Å²) in [6, 6.07) is 15.8. The number of amides is 1. The average Bonchev–Trinajstić information content (AvgIpc) is 3.24. The maximum atomic E-state index is 13.5. The summed E-state index contributed by atoms with van der Waals surface area (Å²) in [5.41, 5.74) is 5.82. The Morgan fingerprint density at radius 2 is 2.06 bits per heavy atom. The smallest absolute Gasteiger partial charge is 0.254 e. The summed E-state index contributed by atoms with van der Waals surface area (Å²) in [4.78, 5) is 24.4. The molecule has 1 amide bonds. The molecular formula is C27H29N5O2. The van der Waals surface area contributed by atoms with Gasteiger partial charge < -0.3 is 19.4 Å². The zero-order chi connectivity index (χ0) is 23.3. The molecule has 5 rings (SSSR count). The van der Waals surface area contributed by atoms with Gasteiger partial charge in [0.2, 0.25) is 0 Å². The van der Waals surface area contributed by atoms with Crippen LogP contribution >= 0.6 is 0 Å². The van der Waals surface area contributed by atoms with Crippen molar-refractivity contribution in [1.82, 2.24) is 19.3 Å². The first-order valence-corrected chi connectivity index (χ1v) is 11.7. The van der Waals surface area contributed by atoms with E-state index < -0.39 is 0 Å². The quantitative estimate of drug-likeness (QED) is 0.476. The molecule has 1 saturated heterocycles. The maximum Gasteiger partial charge on any atom is 0.254 e. The molecule has 0 bridgehead atoms. The summed E-state index contributed by atoms with van der Waals surface area (Å²) < 4.78 is 7.95. The van der Waals surface area contributed by atoms with Gasteiger partial charge >= 0.3 is 0 Å². The number of hydrogen-bond acceptors (Lipinski definition) is 5. The lowest BCUT2D eigenvalue weighted by molar-refractivity contribution is 0.0737. The molecular weight excluding hydrogens is 426 g/mol. The maximum absolute atomic E-state index is 13.5. The van der Waals surface area contributed by atoms with Gasteiger partial charge in [-0.25, -0.2) is 0 Å². The first-order chi connectivity index (χ1) is 16.7. The minimum Gasteiger partial charge on any atom is -0.379 e. The Bertz CT molecular complexity index is 1270. The van der Waals surface area contributed by atoms with Crippen LogP contribution in [0.5, 0.6) is 0 Å². The molecule has 1 atom stereocenters. The number of anilines is 1. The Morgan fingerprint density at radius 3 is 2.94 bits per heavy atom. The van der Waals surface area contributed by atoms with Gasteiger partial charge in [0.25, 0.3) is 5.91 Å². The minimum absolute atomic E-state index is 0.0326. The second-order valence-electron chi connectivity index (χ2n) is 8.78. The van der Waals surface area contributed by atoms with E-state index in [4.69, 9.17) is 4.74 Å². The normalized spacial score (nSPS) is 16.4. The van der Waals surface area contributed by atoms with Crippen LogP contribution in [0.1, 0.15) is 27.3 Å². The predicted octanol–water partition coefficient (Wildman–Crippen LogP) is 3.98. The zero-order valence-corrected chi connectivity index (χ0v) is 19.4. The number of benzene rings is 1. The molecule has 7 heteroatoms. The standard InChI is InChI=1S/C27H29N5O2/c1-20-7-8-22(16-24(20)30-17-23-5-2-3-9-28-23)27(33)32-13-14-34-19-21(18-32)15-25-26-6-4-11-31(26)12-10-29-25/h2-12,16,21,30H,13-15,17-19H2,1H3. The summed E-state index contributed by atoms with van der Waals surface area (Å²) >= 11 is 0. The van der Waals surface area contributed by atoms with Crippen LogP contribution in [0.25, 0.3) is 5.52 Å². The number of carbonyl (C=O) groups is 1. The first kappa shape index (κ1) is 22.1. The van der Waals surface area contributed by atoms with Crippen LogP contribution < -0.4 is 5.32 Å². The molecule has 1 aliphatic rings. The van der Waals surface area contributed by atoms with Crippen LogP contribution in [0.4, 0.5) is 5.69 Å². The summed E-state index contributed by atoms with van der Waals surface area (Å²) in [6.45, 7) is 5.05. The van der Waals surface area contributed by atoms with E-state index in [1.54, 1.807) is 6.20 Å². The van der Waals surface area contributed by atoms with Gasteiger partial charge in [-0.15, -0.1) is 0 Å². The van der Waals surface area contributed by atoms with Crippen molar-refractivity contribution < 1.29 is 9.53 Å². The predicted molar refractivity (Wildman–Crippen MR) is 132 cm³/mol. The highest BCUT2D eigenvalue weighted by molar-refractivity contribution is 5.95. The number of aryl methyl sites for hydroxylation is 1. The number of aromatic nitrogens is 3. The van der Waals surface area contributed by atoms with Gasteiger partial charge in [0.1, 0.15) is 0 Å². The Labute approximate surface area is 199 Å². The fraction of sp³-hybridized carbons (Fsp3) is 0.296. The molecule has 4 aromatic rings. The van der Waals surface area contributed by atoms with E-state index in [-0.39, 0.29) is 11.8 Å². The van der Waals surface area contributed by atoms with Gasteiger partial charge in [0.05, 0.1) is 36.7 Å². The van der Waals surface area contributed by atoms with E-state index in [9.17, 15) is 4.79 Å². The monoisotopic (exact) mass is 455 g/mol. The third kappa shape index (κ3) is 4.94. The molecule has 7 nitrogen and oxygen atoms in total. The Balaban J connectivity index is 1.29. The SMILES string of the molecule is Cc1ccc(C(=O)N2CCOCC(Cc3nccn4cccc34)C2)cc1NCc1ccccn1. The zero-order valence-electron chi connectivity index (χ0n) is 19.4. The number of fused-ring (bicyclic) bond motifs is 1. The van der Waals surface area contributed by atoms with Gasteiger partial charge in [-0.1, -0.05) is 12.1 Å². The Hall–Kier alpha value is -3.71. The molecule has 3 aromatic heterocycles. The lowest BCUT2D eigenvalue weighted by Gasteiger charge is -2.24. The van der Waals surface area contributed by atoms with Crippen LogP contribution in [0.15, 0.2) is 73.3 Å². The van der Waals surface area contributed by atoms with Crippen molar-refractivity contribution >= 4 is 17.1 Å². The largest absolute Gasteiger partial charge is 0.379 e. The fourth-order valence-corrected chi connectivity index (χ4v) is 4.47. The number of nitrogens with zero attached hydrogens (tertiary/aromatic N) is 4. The van der Waals surface area contributed by atoms with E-state index in [2.05, 4.69) is 25.8 Å². The molecule has 34 heavy (non-hydrogen) atoms. The third-order valence-corrected chi connectivity index (χ3v) is 6.31. The minimum atomic E-state index is 0.0326. The topological polar surface area (TPSA) is 71.8 Å². The fourth-order valence-electron chi connectivity index (χ4n) is 4.47. The van der Waals surface area contributed by atoms with E-state index in [0.29, 0.717) is 38.4 Å². The summed E-state index contributed by atoms with van der Waals surface area (Å²) in [6.07, 6.45) is 8.36. The van der Waals surface area contributed by atoms with Crippen LogP contribution in [-0.2, 0) is 17.7 Å². The second-order valence-corrected chi connectivity index (χ2v) is 8.78. The summed E-state index contributed by atoms with van der Waals surface area (Å²) in [7, 11) is 0. The van der Waals surface area contributed by atoms with Gasteiger partial charge in [-0.2, -0.15) is 0 Å². The van der Waals surface area contributed by atoms with Crippen molar-refractivity contribution in [3.63, 3.8) is 0 Å². The molecule has 0 saturated carbocycles. The van der Waals surface area contributed by atoms with Gasteiger partial charge in [0, 0.05) is 55.0 Å². The molecule has 0 aliphatic carbocycles. The average molecular weight is 456 g/mol. The lowest BCUT2D eigenvalue weighted by Crippen LogP contribution is -2.36. The van der Waals surface area contributed by atoms with Crippen molar-refractivity contribution in [1.29, 1.82) is 0 Å². The summed E-state index contributed by atoms with van der Waals surface area (Å²) in [5.74, 6) is 0.220. The third-order valence-electron chi connectivity index (χ3n) is 6.31. The van der Waals surface area contributed by atoms with E-state index in [0.717, 1.165) is 34.6 Å². The number of hydrogen-bond donors (Lipinski definition) is 1. The van der Waals surface area contributed by atoms with Crippen molar-refractivity contribution in [3.8, 4) is 0 Å². The number of nitrogens with one attached hydrogen (secondary N) is 1. The van der Waals surface area contributed by atoms with Crippen LogP contribution in [0.3, 0.4) is 0 Å². The molecule has 1 aromatic carbocycles. The van der Waals surface area contributed by atoms with E-state index >= 15 is 0 Å². The van der Waals surface area contributed by atoms with Crippen molar-refractivity contribution in [2.75, 3.05) is 31.6 Å². The molecule has 4 heterocycles. The van der Waals surface area contributed by atoms with Gasteiger partial charge in [0.15, 0.2) is 0 Å². The molecule has 174 valence electrons. The number of rotatable bonds is 6. The van der Waals surface area contributed by atoms with Crippen molar-refractivity contribution in [2.24, 2.45) is 5.92 Å². The number of pyridine rings is 1.